The highest BCUT2D eigenvalue weighted by molar-refractivity contribution is 7.84. The fourth-order valence-corrected chi connectivity index (χ4v) is 0.957. The number of nitrogens with zero attached hydrogens (tertiary/aromatic N) is 2. The average molecular weight is 208 g/mol. The van der Waals surface area contributed by atoms with Crippen LogP contribution in [0.1, 0.15) is 0 Å². The van der Waals surface area contributed by atoms with Gasteiger partial charge in [0.05, 0.1) is 0 Å². The molecule has 0 spiro atoms. The number of hydrogen-bond donors (Lipinski definition) is 2. The normalized spacial score (nSPS) is 11.2. The zero-order chi connectivity index (χ0) is 10.1. The second kappa shape index (κ2) is 2.99. The second-order valence-electron chi connectivity index (χ2n) is 1.92. The van der Waals surface area contributed by atoms with Gasteiger partial charge in [-0.15, -0.1) is 5.10 Å². The summed E-state index contributed by atoms with van der Waals surface area (Å²) in [4.78, 5) is 9.31. The zero-order valence-electron chi connectivity index (χ0n) is 6.00. The molecule has 0 saturated carbocycles. The molecule has 1 aromatic rings. The van der Waals surface area contributed by atoms with Crippen LogP contribution < -0.4 is 9.32 Å². The van der Waals surface area contributed by atoms with E-state index in [2.05, 4.69) is 14.4 Å². The van der Waals surface area contributed by atoms with Crippen LogP contribution in [0, 0.1) is 10.1 Å². The standard InChI is InChI=1S/C3H4N4O5S/c4-13(10,11)12-2-1-5-6-3(2)7(8)9/h1H,(H,5,6)(H2,4,10,11). The van der Waals surface area contributed by atoms with Crippen molar-refractivity contribution in [3.8, 4) is 5.75 Å². The van der Waals surface area contributed by atoms with Crippen molar-refractivity contribution in [1.29, 1.82) is 0 Å². The molecule has 0 unspecified atom stereocenters. The molecule has 10 heteroatoms. The monoisotopic (exact) mass is 208 g/mol. The molecule has 0 aliphatic rings. The first-order valence-corrected chi connectivity index (χ1v) is 4.27. The molecule has 0 aliphatic carbocycles. The van der Waals surface area contributed by atoms with Crippen LogP contribution in [0.25, 0.3) is 0 Å². The molecule has 0 aliphatic heterocycles. The first-order chi connectivity index (χ1) is 5.90. The fraction of sp³-hybridized carbons (Fsp3) is 0. The molecule has 0 saturated heterocycles. The predicted octanol–water partition coefficient (Wildman–Crippen LogP) is -1.10. The lowest BCUT2D eigenvalue weighted by molar-refractivity contribution is -0.390. The van der Waals surface area contributed by atoms with Gasteiger partial charge >= 0.3 is 16.1 Å². The molecule has 0 aromatic carbocycles. The Morgan fingerprint density at radius 2 is 2.31 bits per heavy atom. The molecule has 72 valence electrons. The number of rotatable bonds is 3. The topological polar surface area (TPSA) is 141 Å². The summed E-state index contributed by atoms with van der Waals surface area (Å²) in [6.45, 7) is 0. The van der Waals surface area contributed by atoms with Crippen LogP contribution in [0.5, 0.6) is 5.75 Å². The summed E-state index contributed by atoms with van der Waals surface area (Å²) in [5.74, 6) is -1.22. The molecule has 1 heterocycles. The Kier molecular flexibility index (Phi) is 2.16. The van der Waals surface area contributed by atoms with Crippen molar-refractivity contribution in [2.75, 3.05) is 0 Å². The van der Waals surface area contributed by atoms with Gasteiger partial charge in [-0.1, -0.05) is 5.10 Å². The van der Waals surface area contributed by atoms with Gasteiger partial charge in [0.1, 0.15) is 6.20 Å². The smallest absolute Gasteiger partial charge is 0.360 e. The van der Waals surface area contributed by atoms with E-state index in [-0.39, 0.29) is 0 Å². The van der Waals surface area contributed by atoms with Crippen molar-refractivity contribution in [2.24, 2.45) is 5.14 Å². The summed E-state index contributed by atoms with van der Waals surface area (Å²) in [6, 6.07) is 0. The number of H-pyrrole nitrogens is 1. The first kappa shape index (κ1) is 9.41. The van der Waals surface area contributed by atoms with Crippen molar-refractivity contribution >= 4 is 16.1 Å². The van der Waals surface area contributed by atoms with Crippen LogP contribution in [0.15, 0.2) is 6.20 Å². The van der Waals surface area contributed by atoms with Gasteiger partial charge in [0.2, 0.25) is 0 Å². The summed E-state index contributed by atoms with van der Waals surface area (Å²) in [6.07, 6.45) is 0.836. The summed E-state index contributed by atoms with van der Waals surface area (Å²) in [5, 5.41) is 19.8. The summed E-state index contributed by atoms with van der Waals surface area (Å²) in [5.41, 5.74) is 0. The molecule has 13 heavy (non-hydrogen) atoms. The molecule has 0 amide bonds. The van der Waals surface area contributed by atoms with Gasteiger partial charge in [-0.05, 0) is 4.92 Å². The van der Waals surface area contributed by atoms with E-state index in [0.717, 1.165) is 6.20 Å². The van der Waals surface area contributed by atoms with Crippen molar-refractivity contribution in [2.45, 2.75) is 0 Å². The van der Waals surface area contributed by atoms with Crippen LogP contribution in [0.3, 0.4) is 0 Å². The molecule has 0 atom stereocenters. The maximum absolute atomic E-state index is 10.4. The molecule has 1 aromatic heterocycles. The van der Waals surface area contributed by atoms with Gasteiger partial charge < -0.3 is 14.3 Å². The van der Waals surface area contributed by atoms with E-state index >= 15 is 0 Å². The van der Waals surface area contributed by atoms with Crippen LogP contribution in [0.4, 0.5) is 5.82 Å². The highest BCUT2D eigenvalue weighted by atomic mass is 32.2. The Bertz CT molecular complexity index is 421. The molecule has 0 fully saturated rings. The quantitative estimate of drug-likeness (QED) is 0.477. The maximum Gasteiger partial charge on any atom is 0.387 e. The summed E-state index contributed by atoms with van der Waals surface area (Å²) < 4.78 is 24.8. The molecule has 1 rings (SSSR count). The molecule has 3 N–H and O–H groups in total. The minimum atomic E-state index is -4.27. The lowest BCUT2D eigenvalue weighted by atomic mass is 10.6. The number of hydrogen-bond acceptors (Lipinski definition) is 6. The highest BCUT2D eigenvalue weighted by Crippen LogP contribution is 2.23. The van der Waals surface area contributed by atoms with E-state index in [0.29, 0.717) is 0 Å². The van der Waals surface area contributed by atoms with Crippen LogP contribution in [0.2, 0.25) is 0 Å². The van der Waals surface area contributed by atoms with Gasteiger partial charge in [0.25, 0.3) is 5.75 Å². The molecule has 0 bridgehead atoms. The van der Waals surface area contributed by atoms with Gasteiger partial charge in [0, 0.05) is 0 Å². The fourth-order valence-electron chi connectivity index (χ4n) is 0.585. The van der Waals surface area contributed by atoms with E-state index < -0.39 is 26.8 Å². The third-order valence-electron chi connectivity index (χ3n) is 0.974. The van der Waals surface area contributed by atoms with Crippen LogP contribution >= 0.6 is 0 Å². The summed E-state index contributed by atoms with van der Waals surface area (Å²) >= 11 is 0. The Labute approximate surface area is 71.9 Å². The lowest BCUT2D eigenvalue weighted by Crippen LogP contribution is -2.19. The van der Waals surface area contributed by atoms with Crippen LogP contribution in [-0.2, 0) is 10.3 Å². The molecular weight excluding hydrogens is 204 g/mol. The Morgan fingerprint density at radius 1 is 1.69 bits per heavy atom. The zero-order valence-corrected chi connectivity index (χ0v) is 6.82. The second-order valence-corrected chi connectivity index (χ2v) is 3.07. The Morgan fingerprint density at radius 3 is 2.77 bits per heavy atom. The van der Waals surface area contributed by atoms with E-state index in [9.17, 15) is 18.5 Å². The third kappa shape index (κ3) is 2.38. The average Bonchev–Trinajstić information content (AvgIpc) is 2.31. The number of nitrogens with two attached hydrogens (primary N) is 1. The minimum Gasteiger partial charge on any atom is -0.360 e. The first-order valence-electron chi connectivity index (χ1n) is 2.80. The molecule has 9 nitrogen and oxygen atoms in total. The van der Waals surface area contributed by atoms with Gasteiger partial charge in [-0.25, -0.2) is 0 Å². The SMILES string of the molecule is NS(=O)(=O)Oc1cn[nH]c1[N+](=O)[O-]. The number of nitro groups is 1. The van der Waals surface area contributed by atoms with Crippen LogP contribution in [-0.4, -0.2) is 23.5 Å². The summed E-state index contributed by atoms with van der Waals surface area (Å²) in [7, 11) is -4.27. The molecular formula is C3H4N4O5S. The van der Waals surface area contributed by atoms with E-state index in [4.69, 9.17) is 0 Å². The van der Waals surface area contributed by atoms with Crippen molar-refractivity contribution in [3.05, 3.63) is 16.3 Å². The van der Waals surface area contributed by atoms with E-state index in [1.807, 2.05) is 5.10 Å². The van der Waals surface area contributed by atoms with Crippen molar-refractivity contribution in [1.82, 2.24) is 10.2 Å². The van der Waals surface area contributed by atoms with E-state index in [1.165, 1.54) is 0 Å². The largest absolute Gasteiger partial charge is 0.387 e. The van der Waals surface area contributed by atoms with Gasteiger partial charge in [-0.3, -0.25) is 0 Å². The van der Waals surface area contributed by atoms with Gasteiger partial charge in [-0.2, -0.15) is 13.6 Å². The Hall–Kier alpha value is -1.68. The van der Waals surface area contributed by atoms with Gasteiger partial charge in [0.15, 0.2) is 0 Å². The number of aromatic amines is 1. The molecule has 0 radical (unpaired) electrons. The van der Waals surface area contributed by atoms with E-state index in [1.54, 1.807) is 0 Å². The maximum atomic E-state index is 10.4. The predicted molar refractivity (Wildman–Crippen MR) is 39.0 cm³/mol. The van der Waals surface area contributed by atoms with Crippen molar-refractivity contribution in [3.63, 3.8) is 0 Å². The highest BCUT2D eigenvalue weighted by Gasteiger charge is 2.20. The van der Waals surface area contributed by atoms with Crippen molar-refractivity contribution < 1.29 is 17.5 Å². The number of aromatic nitrogens is 2. The minimum absolute atomic E-state index is 0.549. The number of nitrogens with one attached hydrogen (secondary N) is 1. The third-order valence-corrected chi connectivity index (χ3v) is 1.39. The Balaban J connectivity index is 3.02. The lowest BCUT2D eigenvalue weighted by Gasteiger charge is -1.97.